The number of methoxy groups -OCH3 is 1. The summed E-state index contributed by atoms with van der Waals surface area (Å²) in [7, 11) is 1.45. The molecule has 0 aliphatic heterocycles. The zero-order chi connectivity index (χ0) is 19.6. The number of aliphatic hydroxyl groups excluding tert-OH is 1. The molecule has 0 radical (unpaired) electrons. The molecule has 0 amide bonds. The summed E-state index contributed by atoms with van der Waals surface area (Å²) in [5.74, 6) is -1.65. The van der Waals surface area contributed by atoms with Crippen molar-refractivity contribution in [2.45, 2.75) is 37.6 Å². The van der Waals surface area contributed by atoms with Crippen LogP contribution in [0.2, 0.25) is 0 Å². The van der Waals surface area contributed by atoms with E-state index in [1.54, 1.807) is 0 Å². The van der Waals surface area contributed by atoms with Gasteiger partial charge in [0, 0.05) is 12.7 Å². The van der Waals surface area contributed by atoms with E-state index in [-0.39, 0.29) is 0 Å². The molecule has 0 saturated carbocycles. The Balaban J connectivity index is 1.80. The van der Waals surface area contributed by atoms with Crippen LogP contribution in [0, 0.1) is 0 Å². The maximum Gasteiger partial charge on any atom is 0.219 e. The maximum atomic E-state index is 11.0. The molecule has 0 bridgehead atoms. The van der Waals surface area contributed by atoms with Crippen LogP contribution in [0.4, 0.5) is 0 Å². The van der Waals surface area contributed by atoms with Gasteiger partial charge in [-0.2, -0.15) is 0 Å². The number of benzene rings is 3. The van der Waals surface area contributed by atoms with E-state index in [4.69, 9.17) is 4.74 Å². The average Bonchev–Trinajstić information content (AvgIpc) is 2.73. The van der Waals surface area contributed by atoms with Crippen LogP contribution in [0.15, 0.2) is 72.8 Å². The molecular weight excluding hydrogens is 348 g/mol. The van der Waals surface area contributed by atoms with Gasteiger partial charge >= 0.3 is 0 Å². The lowest BCUT2D eigenvalue weighted by Crippen LogP contribution is -2.45. The van der Waals surface area contributed by atoms with Gasteiger partial charge < -0.3 is 14.9 Å². The van der Waals surface area contributed by atoms with Crippen molar-refractivity contribution in [1.29, 1.82) is 0 Å². The molecule has 28 heavy (non-hydrogen) atoms. The third-order valence-electron chi connectivity index (χ3n) is 5.74. The van der Waals surface area contributed by atoms with E-state index in [2.05, 4.69) is 42.5 Å². The molecule has 1 aliphatic rings. The molecule has 0 saturated heterocycles. The minimum atomic E-state index is -1.65. The van der Waals surface area contributed by atoms with Crippen LogP contribution in [0.3, 0.4) is 0 Å². The molecule has 4 rings (SSSR count). The van der Waals surface area contributed by atoms with Crippen LogP contribution in [0.25, 0.3) is 0 Å². The van der Waals surface area contributed by atoms with Gasteiger partial charge in [0.15, 0.2) is 0 Å². The summed E-state index contributed by atoms with van der Waals surface area (Å²) in [5.41, 5.74) is 6.62. The molecule has 0 heterocycles. The van der Waals surface area contributed by atoms with E-state index >= 15 is 0 Å². The van der Waals surface area contributed by atoms with Gasteiger partial charge in [0.1, 0.15) is 6.10 Å². The van der Waals surface area contributed by atoms with Crippen molar-refractivity contribution >= 4 is 0 Å². The van der Waals surface area contributed by atoms with Crippen molar-refractivity contribution in [3.63, 3.8) is 0 Å². The van der Waals surface area contributed by atoms with Crippen LogP contribution >= 0.6 is 0 Å². The van der Waals surface area contributed by atoms with Crippen LogP contribution in [-0.4, -0.2) is 23.4 Å². The lowest BCUT2D eigenvalue weighted by atomic mass is 9.80. The quantitative estimate of drug-likeness (QED) is 0.665. The Bertz CT molecular complexity index is 937. The van der Waals surface area contributed by atoms with Crippen molar-refractivity contribution in [3.05, 3.63) is 106 Å². The number of ether oxygens (including phenoxy) is 1. The molecule has 3 nitrogen and oxygen atoms in total. The van der Waals surface area contributed by atoms with E-state index in [1.807, 2.05) is 30.3 Å². The number of hydrogen-bond donors (Lipinski definition) is 2. The molecule has 0 fully saturated rings. The minimum Gasteiger partial charge on any atom is -0.387 e. The fraction of sp³-hybridized carbons (Fsp3) is 0.280. The number of rotatable bonds is 5. The van der Waals surface area contributed by atoms with Gasteiger partial charge in [-0.1, -0.05) is 66.7 Å². The SMILES string of the molecule is COC1(O)c2cc(Cc3ccccc3)c(Cc3ccccc3)cc2CCC1O. The first-order valence-corrected chi connectivity index (χ1v) is 9.78. The molecule has 2 unspecified atom stereocenters. The van der Waals surface area contributed by atoms with Crippen LogP contribution in [0.1, 0.15) is 39.8 Å². The normalized spacial score (nSPS) is 21.3. The van der Waals surface area contributed by atoms with Crippen LogP contribution in [-0.2, 0) is 29.8 Å². The zero-order valence-corrected chi connectivity index (χ0v) is 16.1. The van der Waals surface area contributed by atoms with Crippen LogP contribution in [0.5, 0.6) is 0 Å². The minimum absolute atomic E-state index is 0.486. The number of aryl methyl sites for hydroxylation is 1. The lowest BCUT2D eigenvalue weighted by Gasteiger charge is -2.38. The van der Waals surface area contributed by atoms with E-state index in [0.29, 0.717) is 12.0 Å². The van der Waals surface area contributed by atoms with Gasteiger partial charge in [0.2, 0.25) is 5.79 Å². The molecular formula is C25H26O3. The van der Waals surface area contributed by atoms with Gasteiger partial charge in [-0.05, 0) is 59.6 Å². The third-order valence-corrected chi connectivity index (χ3v) is 5.74. The molecule has 0 aromatic heterocycles. The summed E-state index contributed by atoms with van der Waals surface area (Å²) < 4.78 is 5.39. The Kier molecular flexibility index (Phi) is 5.31. The van der Waals surface area contributed by atoms with Crippen LogP contribution < -0.4 is 0 Å². The highest BCUT2D eigenvalue weighted by Gasteiger charge is 2.42. The fourth-order valence-corrected chi connectivity index (χ4v) is 4.15. The predicted octanol–water partition coefficient (Wildman–Crippen LogP) is 3.97. The Morgan fingerprint density at radius 3 is 1.96 bits per heavy atom. The maximum absolute atomic E-state index is 11.0. The zero-order valence-electron chi connectivity index (χ0n) is 16.1. The van der Waals surface area contributed by atoms with Crippen molar-refractivity contribution in [1.82, 2.24) is 0 Å². The smallest absolute Gasteiger partial charge is 0.219 e. The Morgan fingerprint density at radius 2 is 1.43 bits per heavy atom. The molecule has 1 aliphatic carbocycles. The molecule has 3 heteroatoms. The second-order valence-corrected chi connectivity index (χ2v) is 7.56. The van der Waals surface area contributed by atoms with Gasteiger partial charge in [0.25, 0.3) is 0 Å². The molecule has 0 spiro atoms. The second kappa shape index (κ2) is 7.88. The highest BCUT2D eigenvalue weighted by molar-refractivity contribution is 5.46. The Morgan fingerprint density at radius 1 is 0.893 bits per heavy atom. The summed E-state index contributed by atoms with van der Waals surface area (Å²) in [4.78, 5) is 0. The first kappa shape index (κ1) is 18.9. The average molecular weight is 374 g/mol. The predicted molar refractivity (Wildman–Crippen MR) is 110 cm³/mol. The van der Waals surface area contributed by atoms with Crippen molar-refractivity contribution in [2.24, 2.45) is 0 Å². The monoisotopic (exact) mass is 374 g/mol. The molecule has 2 atom stereocenters. The summed E-state index contributed by atoms with van der Waals surface area (Å²) >= 11 is 0. The summed E-state index contributed by atoms with van der Waals surface area (Å²) in [6.45, 7) is 0. The number of hydrogen-bond acceptors (Lipinski definition) is 3. The first-order chi connectivity index (χ1) is 13.6. The highest BCUT2D eigenvalue weighted by Crippen LogP contribution is 2.38. The summed E-state index contributed by atoms with van der Waals surface area (Å²) in [5, 5.41) is 21.4. The van der Waals surface area contributed by atoms with Crippen molar-refractivity contribution in [3.8, 4) is 0 Å². The largest absolute Gasteiger partial charge is 0.387 e. The number of fused-ring (bicyclic) bond motifs is 1. The second-order valence-electron chi connectivity index (χ2n) is 7.56. The van der Waals surface area contributed by atoms with Gasteiger partial charge in [-0.3, -0.25) is 0 Å². The van der Waals surface area contributed by atoms with E-state index in [0.717, 1.165) is 30.4 Å². The third kappa shape index (κ3) is 3.61. The van der Waals surface area contributed by atoms with Gasteiger partial charge in [-0.25, -0.2) is 0 Å². The van der Waals surface area contributed by atoms with E-state index in [9.17, 15) is 10.2 Å². The molecule has 3 aromatic carbocycles. The topological polar surface area (TPSA) is 49.7 Å². The molecule has 144 valence electrons. The fourth-order valence-electron chi connectivity index (χ4n) is 4.15. The highest BCUT2D eigenvalue weighted by atomic mass is 16.6. The van der Waals surface area contributed by atoms with Crippen molar-refractivity contribution < 1.29 is 14.9 Å². The summed E-state index contributed by atoms with van der Waals surface area (Å²) in [6.07, 6.45) is 1.90. The number of aliphatic hydroxyl groups is 2. The lowest BCUT2D eigenvalue weighted by molar-refractivity contribution is -0.257. The molecule has 2 N–H and O–H groups in total. The Labute approximate surface area is 166 Å². The van der Waals surface area contributed by atoms with E-state index < -0.39 is 11.9 Å². The molecule has 3 aromatic rings. The van der Waals surface area contributed by atoms with Gasteiger partial charge in [0.05, 0.1) is 0 Å². The standard InChI is InChI=1S/C25H26O3/c1-28-25(27)23-17-22(15-19-10-6-3-7-11-19)21(14-18-8-4-2-5-9-18)16-20(23)12-13-24(25)26/h2-11,16-17,24,26-27H,12-15H2,1H3. The Hall–Kier alpha value is -2.46. The van der Waals surface area contributed by atoms with E-state index in [1.165, 1.54) is 23.8 Å². The first-order valence-electron chi connectivity index (χ1n) is 9.78. The van der Waals surface area contributed by atoms with Gasteiger partial charge in [-0.15, -0.1) is 0 Å². The summed E-state index contributed by atoms with van der Waals surface area (Å²) in [6, 6.07) is 25.0. The van der Waals surface area contributed by atoms with Crippen molar-refractivity contribution in [2.75, 3.05) is 7.11 Å².